The van der Waals surface area contributed by atoms with Gasteiger partial charge in [0.15, 0.2) is 0 Å². The summed E-state index contributed by atoms with van der Waals surface area (Å²) >= 11 is 1.75. The van der Waals surface area contributed by atoms with Crippen LogP contribution in [0.25, 0.3) is 0 Å². The van der Waals surface area contributed by atoms with Crippen LogP contribution in [0.3, 0.4) is 0 Å². The van der Waals surface area contributed by atoms with Gasteiger partial charge in [0.25, 0.3) is 0 Å². The molecule has 0 unspecified atom stereocenters. The molecule has 21 heavy (non-hydrogen) atoms. The molecule has 0 aliphatic carbocycles. The van der Waals surface area contributed by atoms with Crippen LogP contribution >= 0.6 is 11.8 Å². The van der Waals surface area contributed by atoms with Crippen LogP contribution in [-0.2, 0) is 0 Å². The lowest BCUT2D eigenvalue weighted by Gasteiger charge is -2.29. The van der Waals surface area contributed by atoms with Crippen LogP contribution in [0.5, 0.6) is 0 Å². The Hall–Kier alpha value is -1.36. The highest BCUT2D eigenvalue weighted by atomic mass is 32.2. The molecular weight excluding hydrogens is 284 g/mol. The quantitative estimate of drug-likeness (QED) is 0.616. The number of anilines is 1. The van der Waals surface area contributed by atoms with E-state index in [1.54, 1.807) is 11.8 Å². The number of piperidine rings is 1. The molecule has 1 aromatic rings. The fourth-order valence-electron chi connectivity index (χ4n) is 2.75. The molecule has 1 amide bonds. The number of carboxylic acid groups (broad SMARTS) is 1. The Bertz CT molecular complexity index is 442. The number of nitrogens with one attached hydrogen (secondary N) is 1. The molecule has 0 spiro atoms. The van der Waals surface area contributed by atoms with Crippen molar-refractivity contribution in [1.29, 1.82) is 0 Å². The average Bonchev–Trinajstić information content (AvgIpc) is 2.52. The zero-order valence-electron chi connectivity index (χ0n) is 12.5. The Labute approximate surface area is 130 Å². The maximum Gasteiger partial charge on any atom is 0.407 e. The summed E-state index contributed by atoms with van der Waals surface area (Å²) in [5.74, 6) is 0.682. The standard InChI is InChI=1S/C16H24N2O2S/c1-21-15-6-4-14(5-7-15)17-10-2-3-13-8-11-18(12-9-13)16(19)20/h4-7,13,17H,2-3,8-12H2,1H3,(H,19,20). The highest BCUT2D eigenvalue weighted by molar-refractivity contribution is 7.98. The summed E-state index contributed by atoms with van der Waals surface area (Å²) in [7, 11) is 0. The van der Waals surface area contributed by atoms with E-state index in [0.717, 1.165) is 25.8 Å². The maximum absolute atomic E-state index is 10.8. The molecule has 0 bridgehead atoms. The van der Waals surface area contributed by atoms with E-state index in [9.17, 15) is 4.79 Å². The Balaban J connectivity index is 1.60. The van der Waals surface area contributed by atoms with Crippen molar-refractivity contribution in [3.8, 4) is 0 Å². The van der Waals surface area contributed by atoms with Crippen molar-refractivity contribution in [3.05, 3.63) is 24.3 Å². The van der Waals surface area contributed by atoms with Gasteiger partial charge in [-0.15, -0.1) is 11.8 Å². The molecule has 0 aromatic heterocycles. The predicted octanol–water partition coefficient (Wildman–Crippen LogP) is 3.99. The third-order valence-electron chi connectivity index (χ3n) is 4.09. The molecule has 1 fully saturated rings. The number of benzene rings is 1. The van der Waals surface area contributed by atoms with Crippen molar-refractivity contribution < 1.29 is 9.90 Å². The number of thioether (sulfide) groups is 1. The summed E-state index contributed by atoms with van der Waals surface area (Å²) in [6.45, 7) is 2.38. The van der Waals surface area contributed by atoms with Gasteiger partial charge >= 0.3 is 6.09 Å². The lowest BCUT2D eigenvalue weighted by molar-refractivity contribution is 0.123. The molecule has 1 saturated heterocycles. The van der Waals surface area contributed by atoms with Gasteiger partial charge in [0.05, 0.1) is 0 Å². The molecule has 2 N–H and O–H groups in total. The molecule has 0 saturated carbocycles. The second kappa shape index (κ2) is 8.17. The number of hydrogen-bond acceptors (Lipinski definition) is 3. The maximum atomic E-state index is 10.8. The minimum absolute atomic E-state index is 0.682. The molecule has 116 valence electrons. The SMILES string of the molecule is CSc1ccc(NCCCC2CCN(C(=O)O)CC2)cc1. The molecule has 1 heterocycles. The fourth-order valence-corrected chi connectivity index (χ4v) is 3.15. The number of rotatable bonds is 6. The fraction of sp³-hybridized carbons (Fsp3) is 0.562. The van der Waals surface area contributed by atoms with Crippen LogP contribution in [0.2, 0.25) is 0 Å². The second-order valence-corrected chi connectivity index (χ2v) is 6.39. The van der Waals surface area contributed by atoms with Gasteiger partial charge in [0, 0.05) is 30.2 Å². The molecule has 2 rings (SSSR count). The van der Waals surface area contributed by atoms with E-state index < -0.39 is 6.09 Å². The normalized spacial score (nSPS) is 16.0. The first-order valence-corrected chi connectivity index (χ1v) is 8.77. The minimum Gasteiger partial charge on any atom is -0.465 e. The van der Waals surface area contributed by atoms with Gasteiger partial charge in [-0.05, 0) is 62.1 Å². The van der Waals surface area contributed by atoms with Crippen LogP contribution < -0.4 is 5.32 Å². The first-order valence-electron chi connectivity index (χ1n) is 7.55. The van der Waals surface area contributed by atoms with E-state index in [4.69, 9.17) is 5.11 Å². The summed E-state index contributed by atoms with van der Waals surface area (Å²) in [5.41, 5.74) is 1.17. The lowest BCUT2D eigenvalue weighted by Crippen LogP contribution is -2.37. The van der Waals surface area contributed by atoms with Crippen LogP contribution in [0, 0.1) is 5.92 Å². The van der Waals surface area contributed by atoms with Gasteiger partial charge in [-0.25, -0.2) is 4.79 Å². The van der Waals surface area contributed by atoms with E-state index in [1.165, 1.54) is 21.9 Å². The molecule has 5 heteroatoms. The molecule has 1 aliphatic rings. The minimum atomic E-state index is -0.774. The molecule has 0 radical (unpaired) electrons. The first kappa shape index (κ1) is 16.0. The van der Waals surface area contributed by atoms with Gasteiger partial charge in [-0.1, -0.05) is 0 Å². The zero-order valence-corrected chi connectivity index (χ0v) is 13.4. The van der Waals surface area contributed by atoms with Gasteiger partial charge in [0.2, 0.25) is 0 Å². The zero-order chi connectivity index (χ0) is 15.1. The predicted molar refractivity (Wildman–Crippen MR) is 88.3 cm³/mol. The van der Waals surface area contributed by atoms with Crippen LogP contribution in [0.4, 0.5) is 10.5 Å². The summed E-state index contributed by atoms with van der Waals surface area (Å²) in [6, 6.07) is 8.51. The smallest absolute Gasteiger partial charge is 0.407 e. The highest BCUT2D eigenvalue weighted by Crippen LogP contribution is 2.22. The van der Waals surface area contributed by atoms with Crippen molar-refractivity contribution in [2.45, 2.75) is 30.6 Å². The van der Waals surface area contributed by atoms with Crippen LogP contribution in [0.1, 0.15) is 25.7 Å². The van der Waals surface area contributed by atoms with Crippen molar-refractivity contribution in [2.24, 2.45) is 5.92 Å². The Morgan fingerprint density at radius 2 is 2.00 bits per heavy atom. The average molecular weight is 308 g/mol. The summed E-state index contributed by atoms with van der Waals surface area (Å²) in [4.78, 5) is 13.7. The van der Waals surface area contributed by atoms with Gasteiger partial charge < -0.3 is 15.3 Å². The second-order valence-electron chi connectivity index (χ2n) is 5.51. The Kier molecular flexibility index (Phi) is 6.23. The van der Waals surface area contributed by atoms with E-state index in [2.05, 4.69) is 35.8 Å². The highest BCUT2D eigenvalue weighted by Gasteiger charge is 2.21. The number of nitrogens with zero attached hydrogens (tertiary/aromatic N) is 1. The third kappa shape index (κ3) is 5.16. The summed E-state index contributed by atoms with van der Waals surface area (Å²) < 4.78 is 0. The van der Waals surface area contributed by atoms with Gasteiger partial charge in [-0.3, -0.25) is 0 Å². The van der Waals surface area contributed by atoms with Crippen molar-refractivity contribution in [2.75, 3.05) is 31.2 Å². The number of hydrogen-bond donors (Lipinski definition) is 2. The summed E-state index contributed by atoms with van der Waals surface area (Å²) in [5, 5.41) is 12.4. The lowest BCUT2D eigenvalue weighted by atomic mass is 9.92. The van der Waals surface area contributed by atoms with Crippen LogP contribution in [0.15, 0.2) is 29.2 Å². The monoisotopic (exact) mass is 308 g/mol. The van der Waals surface area contributed by atoms with Gasteiger partial charge in [-0.2, -0.15) is 0 Å². The van der Waals surface area contributed by atoms with Gasteiger partial charge in [0.1, 0.15) is 0 Å². The topological polar surface area (TPSA) is 52.6 Å². The van der Waals surface area contributed by atoms with Crippen LogP contribution in [-0.4, -0.2) is 42.0 Å². The van der Waals surface area contributed by atoms with E-state index in [-0.39, 0.29) is 0 Å². The van der Waals surface area contributed by atoms with E-state index >= 15 is 0 Å². The molecule has 0 atom stereocenters. The van der Waals surface area contributed by atoms with Crippen molar-refractivity contribution in [1.82, 2.24) is 4.90 Å². The first-order chi connectivity index (χ1) is 10.2. The largest absolute Gasteiger partial charge is 0.465 e. The van der Waals surface area contributed by atoms with E-state index in [1.807, 2.05) is 0 Å². The van der Waals surface area contributed by atoms with E-state index in [0.29, 0.717) is 19.0 Å². The third-order valence-corrected chi connectivity index (χ3v) is 4.84. The van der Waals surface area contributed by atoms with Crippen molar-refractivity contribution >= 4 is 23.5 Å². The molecule has 1 aromatic carbocycles. The Morgan fingerprint density at radius 1 is 1.33 bits per heavy atom. The Morgan fingerprint density at radius 3 is 2.57 bits per heavy atom. The number of amides is 1. The molecular formula is C16H24N2O2S. The van der Waals surface area contributed by atoms with Crippen molar-refractivity contribution in [3.63, 3.8) is 0 Å². The molecule has 1 aliphatic heterocycles. The number of likely N-dealkylation sites (tertiary alicyclic amines) is 1. The summed E-state index contributed by atoms with van der Waals surface area (Å²) in [6.07, 6.45) is 5.65. The molecule has 4 nitrogen and oxygen atoms in total. The number of carbonyl (C=O) groups is 1.